The highest BCUT2D eigenvalue weighted by molar-refractivity contribution is 7.88. The molecule has 216 valence electrons. The summed E-state index contributed by atoms with van der Waals surface area (Å²) in [5, 5.41) is 27.2. The summed E-state index contributed by atoms with van der Waals surface area (Å²) >= 11 is 0. The first kappa shape index (κ1) is 29.6. The van der Waals surface area contributed by atoms with Crippen LogP contribution >= 0.6 is 0 Å². The Labute approximate surface area is 230 Å². The summed E-state index contributed by atoms with van der Waals surface area (Å²) in [7, 11) is -3.73. The average Bonchev–Trinajstić information content (AvgIpc) is 2.88. The van der Waals surface area contributed by atoms with Crippen LogP contribution in [-0.2, 0) is 15.8 Å². The largest absolute Gasteiger partial charge is 0.627 e. The van der Waals surface area contributed by atoms with Crippen LogP contribution in [0.1, 0.15) is 31.7 Å². The predicted octanol–water partition coefficient (Wildman–Crippen LogP) is 1.67. The zero-order valence-electron chi connectivity index (χ0n) is 21.8. The van der Waals surface area contributed by atoms with Gasteiger partial charge in [0, 0.05) is 25.7 Å². The van der Waals surface area contributed by atoms with E-state index in [2.05, 4.69) is 10.4 Å². The molecule has 0 spiro atoms. The Morgan fingerprint density at radius 1 is 1.20 bits per heavy atom. The van der Waals surface area contributed by atoms with Gasteiger partial charge in [-0.05, 0) is 49.1 Å². The molecule has 0 amide bonds. The molecule has 40 heavy (non-hydrogen) atoms. The van der Waals surface area contributed by atoms with Gasteiger partial charge in [-0.2, -0.15) is 9.78 Å². The third-order valence-corrected chi connectivity index (χ3v) is 8.48. The molecule has 1 atom stereocenters. The summed E-state index contributed by atoms with van der Waals surface area (Å²) in [6.07, 6.45) is 3.59. The molecule has 4 rings (SSSR count). The minimum absolute atomic E-state index is 0.0622. The minimum Gasteiger partial charge on any atom is -0.627 e. The molecule has 3 N–H and O–H groups in total. The standard InChI is InChI=1S/C26H31F2N5O6S/c1-2-31(40(37,38)16-18-6-8-21(9-7-18)32(36)17-34)11-10-29-24-15-30-33(22-13-19(27)12-20(28)14-22)26(35)25(24)39-23-4-3-5-23/h6-9,12-15,23,29,32,34H,2-5,10-11,16-17H2,1H3. The molecule has 0 bridgehead atoms. The van der Waals surface area contributed by atoms with Gasteiger partial charge >= 0.3 is 5.56 Å². The van der Waals surface area contributed by atoms with Gasteiger partial charge in [0.05, 0.1) is 23.7 Å². The van der Waals surface area contributed by atoms with Gasteiger partial charge in [0.1, 0.15) is 23.0 Å². The van der Waals surface area contributed by atoms with Crippen molar-refractivity contribution in [2.45, 2.75) is 38.0 Å². The molecule has 2 aromatic carbocycles. The Balaban J connectivity index is 1.48. The number of hydrogen-bond donors (Lipinski definition) is 3. The summed E-state index contributed by atoms with van der Waals surface area (Å²) in [5.41, 5.74) is 0.217. The highest BCUT2D eigenvalue weighted by atomic mass is 32.2. The van der Waals surface area contributed by atoms with E-state index in [0.717, 1.165) is 36.1 Å². The van der Waals surface area contributed by atoms with E-state index in [1.54, 1.807) is 6.92 Å². The predicted molar refractivity (Wildman–Crippen MR) is 144 cm³/mol. The average molecular weight is 580 g/mol. The zero-order valence-corrected chi connectivity index (χ0v) is 22.7. The number of likely N-dealkylation sites (N-methyl/N-ethyl adjacent to an activating group) is 1. The molecule has 1 unspecified atom stereocenters. The van der Waals surface area contributed by atoms with Crippen LogP contribution in [0, 0.1) is 16.8 Å². The van der Waals surface area contributed by atoms with Gasteiger partial charge in [-0.15, -0.1) is 0 Å². The smallest absolute Gasteiger partial charge is 0.316 e. The summed E-state index contributed by atoms with van der Waals surface area (Å²) in [5.74, 6) is -2.06. The molecule has 0 radical (unpaired) electrons. The highest BCUT2D eigenvalue weighted by Gasteiger charge is 2.25. The van der Waals surface area contributed by atoms with Gasteiger partial charge < -0.3 is 25.4 Å². The lowest BCUT2D eigenvalue weighted by Gasteiger charge is -2.27. The first-order valence-corrected chi connectivity index (χ1v) is 14.4. The molecule has 1 fully saturated rings. The van der Waals surface area contributed by atoms with Crippen LogP contribution in [0.5, 0.6) is 5.75 Å². The first-order chi connectivity index (χ1) is 19.1. The van der Waals surface area contributed by atoms with Crippen LogP contribution in [0.15, 0.2) is 53.5 Å². The molecule has 1 saturated carbocycles. The van der Waals surface area contributed by atoms with Crippen LogP contribution < -0.4 is 20.7 Å². The second-order valence-corrected chi connectivity index (χ2v) is 11.3. The van der Waals surface area contributed by atoms with Crippen molar-refractivity contribution in [1.82, 2.24) is 14.1 Å². The van der Waals surface area contributed by atoms with Gasteiger partial charge in [-0.25, -0.2) is 21.5 Å². The topological polar surface area (TPSA) is 141 Å². The maximum atomic E-state index is 13.8. The van der Waals surface area contributed by atoms with Crippen molar-refractivity contribution in [3.05, 3.63) is 81.4 Å². The van der Waals surface area contributed by atoms with Gasteiger partial charge in [0.15, 0.2) is 6.73 Å². The van der Waals surface area contributed by atoms with E-state index in [1.807, 2.05) is 0 Å². The summed E-state index contributed by atoms with van der Waals surface area (Å²) in [6.45, 7) is 1.46. The van der Waals surface area contributed by atoms with E-state index in [0.29, 0.717) is 11.6 Å². The Hall–Kier alpha value is -3.43. The number of rotatable bonds is 13. The molecule has 11 nitrogen and oxygen atoms in total. The van der Waals surface area contributed by atoms with E-state index in [-0.39, 0.29) is 54.3 Å². The van der Waals surface area contributed by atoms with Crippen molar-refractivity contribution in [1.29, 1.82) is 0 Å². The lowest BCUT2D eigenvalue weighted by Crippen LogP contribution is -3.02. The Bertz CT molecular complexity index is 1460. The molecular weight excluding hydrogens is 548 g/mol. The van der Waals surface area contributed by atoms with E-state index in [1.165, 1.54) is 34.8 Å². The number of benzene rings is 2. The summed E-state index contributed by atoms with van der Waals surface area (Å²) in [4.78, 5) is 13.2. The van der Waals surface area contributed by atoms with Crippen molar-refractivity contribution >= 4 is 21.4 Å². The summed E-state index contributed by atoms with van der Waals surface area (Å²) in [6, 6.07) is 8.66. The van der Waals surface area contributed by atoms with Crippen LogP contribution in [0.2, 0.25) is 0 Å². The maximum Gasteiger partial charge on any atom is 0.316 e. The number of anilines is 1. The Morgan fingerprint density at radius 2 is 1.88 bits per heavy atom. The van der Waals surface area contributed by atoms with Gasteiger partial charge in [0.25, 0.3) is 0 Å². The number of aromatic nitrogens is 2. The molecule has 1 aliphatic carbocycles. The third kappa shape index (κ3) is 7.01. The highest BCUT2D eigenvalue weighted by Crippen LogP contribution is 2.28. The molecule has 1 aliphatic rings. The lowest BCUT2D eigenvalue weighted by atomic mass is 9.96. The normalized spacial score (nSPS) is 14.7. The summed E-state index contributed by atoms with van der Waals surface area (Å²) < 4.78 is 61.7. The van der Waals surface area contributed by atoms with Crippen LogP contribution in [0.3, 0.4) is 0 Å². The number of aliphatic hydroxyl groups is 1. The fourth-order valence-electron chi connectivity index (χ4n) is 4.17. The molecule has 1 heterocycles. The van der Waals surface area contributed by atoms with Crippen molar-refractivity contribution < 1.29 is 32.1 Å². The number of aliphatic hydroxyl groups excluding tert-OH is 1. The SMILES string of the molecule is CCN(CCNc1cnn(-c2cc(F)cc(F)c2)c(=O)c1OC1CCC1)S(=O)(=O)Cc1ccc([NH+]([O-])CO)cc1. The third-order valence-electron chi connectivity index (χ3n) is 6.55. The monoisotopic (exact) mass is 579 g/mol. The molecule has 1 aromatic heterocycles. The van der Waals surface area contributed by atoms with Crippen molar-refractivity contribution in [3.8, 4) is 11.4 Å². The van der Waals surface area contributed by atoms with Crippen molar-refractivity contribution in [2.75, 3.05) is 31.7 Å². The number of nitrogens with one attached hydrogen (secondary N) is 2. The van der Waals surface area contributed by atoms with Crippen molar-refractivity contribution in [2.24, 2.45) is 0 Å². The van der Waals surface area contributed by atoms with Gasteiger partial charge in [-0.3, -0.25) is 4.79 Å². The fraction of sp³-hybridized carbons (Fsp3) is 0.385. The van der Waals surface area contributed by atoms with Crippen molar-refractivity contribution in [3.63, 3.8) is 0 Å². The number of nitrogens with zero attached hydrogens (tertiary/aromatic N) is 3. The van der Waals surface area contributed by atoms with E-state index < -0.39 is 39.0 Å². The van der Waals surface area contributed by atoms with Gasteiger partial charge in [0.2, 0.25) is 15.8 Å². The van der Waals surface area contributed by atoms with E-state index in [9.17, 15) is 27.2 Å². The number of hydrogen-bond acceptors (Lipinski definition) is 8. The number of ether oxygens (including phenoxy) is 1. The fourth-order valence-corrected chi connectivity index (χ4v) is 5.73. The lowest BCUT2D eigenvalue weighted by molar-refractivity contribution is -0.800. The molecular formula is C26H31F2N5O6S. The maximum absolute atomic E-state index is 13.8. The van der Waals surface area contributed by atoms with Crippen LogP contribution in [0.25, 0.3) is 5.69 Å². The number of hydroxylamine groups is 1. The second kappa shape index (κ2) is 12.8. The molecule has 14 heteroatoms. The number of halogens is 2. The van der Waals surface area contributed by atoms with Crippen LogP contribution in [-0.4, -0.2) is 60.1 Å². The van der Waals surface area contributed by atoms with Crippen LogP contribution in [0.4, 0.5) is 20.2 Å². The minimum atomic E-state index is -3.73. The molecule has 0 saturated heterocycles. The zero-order chi connectivity index (χ0) is 28.9. The van der Waals surface area contributed by atoms with E-state index in [4.69, 9.17) is 9.84 Å². The second-order valence-electron chi connectivity index (χ2n) is 9.36. The first-order valence-electron chi connectivity index (χ1n) is 12.8. The Kier molecular flexibility index (Phi) is 9.48. The van der Waals surface area contributed by atoms with E-state index >= 15 is 0 Å². The molecule has 0 aliphatic heterocycles. The quantitative estimate of drug-likeness (QED) is 0.205. The molecule has 3 aromatic rings. The number of quaternary nitrogens is 1. The van der Waals surface area contributed by atoms with Gasteiger partial charge in [-0.1, -0.05) is 19.1 Å². The Morgan fingerprint density at radius 3 is 2.45 bits per heavy atom. The number of sulfonamides is 1.